The van der Waals surface area contributed by atoms with Gasteiger partial charge in [-0.05, 0) is 36.2 Å². The summed E-state index contributed by atoms with van der Waals surface area (Å²) in [7, 11) is 0. The Labute approximate surface area is 116 Å². The molecule has 0 aliphatic carbocycles. The number of hydrogen-bond donors (Lipinski definition) is 1. The lowest BCUT2D eigenvalue weighted by molar-refractivity contribution is 0.970. The molecule has 96 valence electrons. The van der Waals surface area contributed by atoms with Crippen molar-refractivity contribution in [2.24, 2.45) is 5.73 Å². The van der Waals surface area contributed by atoms with Crippen molar-refractivity contribution in [2.45, 2.75) is 12.8 Å². The fraction of sp³-hybridized carbons (Fsp3) is 0.188. The van der Waals surface area contributed by atoms with Crippen molar-refractivity contribution < 1.29 is 0 Å². The van der Waals surface area contributed by atoms with Crippen LogP contribution in [0.15, 0.2) is 48.5 Å². The summed E-state index contributed by atoms with van der Waals surface area (Å²) in [6.07, 6.45) is 1.83. The van der Waals surface area contributed by atoms with Crippen molar-refractivity contribution in [3.05, 3.63) is 64.7 Å². The van der Waals surface area contributed by atoms with E-state index in [2.05, 4.69) is 42.5 Å². The third-order valence-electron chi connectivity index (χ3n) is 3.13. The molecule has 0 spiro atoms. The second kappa shape index (κ2) is 5.51. The van der Waals surface area contributed by atoms with Gasteiger partial charge in [0.05, 0.1) is 15.2 Å². The molecule has 2 N–H and O–H groups in total. The van der Waals surface area contributed by atoms with E-state index in [1.165, 1.54) is 20.8 Å². The van der Waals surface area contributed by atoms with Crippen LogP contribution in [-0.2, 0) is 12.8 Å². The van der Waals surface area contributed by atoms with Crippen molar-refractivity contribution in [3.8, 4) is 0 Å². The molecule has 1 aromatic heterocycles. The summed E-state index contributed by atoms with van der Waals surface area (Å²) in [5.41, 5.74) is 9.27. The number of rotatable bonds is 4. The molecule has 1 heterocycles. The minimum absolute atomic E-state index is 0.687. The normalized spacial score (nSPS) is 11.0. The standard InChI is InChI=1S/C16H16N2S/c17-9-8-13-6-7-15-14(10-13)18-16(19-15)11-12-4-2-1-3-5-12/h1-7,10H,8-9,11,17H2. The van der Waals surface area contributed by atoms with Crippen molar-refractivity contribution >= 4 is 21.6 Å². The zero-order chi connectivity index (χ0) is 13.1. The molecule has 3 heteroatoms. The van der Waals surface area contributed by atoms with Crippen LogP contribution in [0.5, 0.6) is 0 Å². The highest BCUT2D eigenvalue weighted by molar-refractivity contribution is 7.18. The molecule has 0 aliphatic heterocycles. The highest BCUT2D eigenvalue weighted by Crippen LogP contribution is 2.25. The average Bonchev–Trinajstić information content (AvgIpc) is 2.82. The van der Waals surface area contributed by atoms with E-state index in [0.717, 1.165) is 18.4 Å². The topological polar surface area (TPSA) is 38.9 Å². The number of fused-ring (bicyclic) bond motifs is 1. The monoisotopic (exact) mass is 268 g/mol. The Hall–Kier alpha value is -1.71. The zero-order valence-corrected chi connectivity index (χ0v) is 11.5. The highest BCUT2D eigenvalue weighted by atomic mass is 32.1. The quantitative estimate of drug-likeness (QED) is 0.787. The SMILES string of the molecule is NCCc1ccc2sc(Cc3ccccc3)nc2c1. The van der Waals surface area contributed by atoms with Crippen LogP contribution in [0.1, 0.15) is 16.1 Å². The van der Waals surface area contributed by atoms with Crippen molar-refractivity contribution in [1.29, 1.82) is 0 Å². The second-order valence-electron chi connectivity index (χ2n) is 4.61. The Morgan fingerprint density at radius 3 is 2.63 bits per heavy atom. The first kappa shape index (κ1) is 12.3. The summed E-state index contributed by atoms with van der Waals surface area (Å²) in [4.78, 5) is 4.73. The van der Waals surface area contributed by atoms with Crippen LogP contribution in [0.25, 0.3) is 10.2 Å². The molecule has 19 heavy (non-hydrogen) atoms. The van der Waals surface area contributed by atoms with E-state index >= 15 is 0 Å². The number of nitrogens with zero attached hydrogens (tertiary/aromatic N) is 1. The van der Waals surface area contributed by atoms with E-state index < -0.39 is 0 Å². The fourth-order valence-corrected chi connectivity index (χ4v) is 3.17. The Balaban J connectivity index is 1.89. The molecule has 0 saturated heterocycles. The van der Waals surface area contributed by atoms with Crippen LogP contribution in [0.4, 0.5) is 0 Å². The summed E-state index contributed by atoms with van der Waals surface area (Å²) in [5.74, 6) is 0. The van der Waals surface area contributed by atoms with E-state index in [-0.39, 0.29) is 0 Å². The Morgan fingerprint density at radius 1 is 1.00 bits per heavy atom. The molecule has 0 aliphatic rings. The van der Waals surface area contributed by atoms with Gasteiger partial charge in [-0.25, -0.2) is 4.98 Å². The van der Waals surface area contributed by atoms with Crippen LogP contribution in [-0.4, -0.2) is 11.5 Å². The summed E-state index contributed by atoms with van der Waals surface area (Å²) >= 11 is 1.78. The van der Waals surface area contributed by atoms with E-state index in [1.54, 1.807) is 11.3 Å². The fourth-order valence-electron chi connectivity index (χ4n) is 2.19. The van der Waals surface area contributed by atoms with Crippen LogP contribution in [0.2, 0.25) is 0 Å². The lowest BCUT2D eigenvalue weighted by Crippen LogP contribution is -2.02. The maximum atomic E-state index is 5.59. The van der Waals surface area contributed by atoms with Crippen molar-refractivity contribution in [1.82, 2.24) is 4.98 Å². The lowest BCUT2D eigenvalue weighted by atomic mass is 10.1. The molecule has 3 rings (SSSR count). The predicted octanol–water partition coefficient (Wildman–Crippen LogP) is 3.39. The first-order valence-electron chi connectivity index (χ1n) is 6.47. The van der Waals surface area contributed by atoms with Gasteiger partial charge in [0.1, 0.15) is 0 Å². The number of benzene rings is 2. The third-order valence-corrected chi connectivity index (χ3v) is 4.16. The van der Waals surface area contributed by atoms with E-state index in [0.29, 0.717) is 6.54 Å². The summed E-state index contributed by atoms with van der Waals surface area (Å²) in [5, 5.41) is 1.17. The van der Waals surface area contributed by atoms with Crippen molar-refractivity contribution in [3.63, 3.8) is 0 Å². The molecule has 2 aromatic carbocycles. The van der Waals surface area contributed by atoms with Gasteiger partial charge < -0.3 is 5.73 Å². The van der Waals surface area contributed by atoms with Crippen molar-refractivity contribution in [2.75, 3.05) is 6.54 Å². The molecule has 0 atom stereocenters. The predicted molar refractivity (Wildman–Crippen MR) is 81.6 cm³/mol. The van der Waals surface area contributed by atoms with Gasteiger partial charge in [-0.2, -0.15) is 0 Å². The molecule has 0 amide bonds. The van der Waals surface area contributed by atoms with Crippen LogP contribution >= 0.6 is 11.3 Å². The maximum absolute atomic E-state index is 5.59. The molecule has 0 radical (unpaired) electrons. The number of hydrogen-bond acceptors (Lipinski definition) is 3. The Bertz CT molecular complexity index is 674. The largest absolute Gasteiger partial charge is 0.330 e. The highest BCUT2D eigenvalue weighted by Gasteiger charge is 2.05. The van der Waals surface area contributed by atoms with Crippen LogP contribution in [0.3, 0.4) is 0 Å². The van der Waals surface area contributed by atoms with E-state index in [1.807, 2.05) is 6.07 Å². The minimum atomic E-state index is 0.687. The van der Waals surface area contributed by atoms with Gasteiger partial charge in [0.25, 0.3) is 0 Å². The molecular formula is C16H16N2S. The lowest BCUT2D eigenvalue weighted by Gasteiger charge is -1.96. The summed E-state index contributed by atoms with van der Waals surface area (Å²) < 4.78 is 1.26. The molecular weight excluding hydrogens is 252 g/mol. The minimum Gasteiger partial charge on any atom is -0.330 e. The second-order valence-corrected chi connectivity index (χ2v) is 5.73. The van der Waals surface area contributed by atoms with Gasteiger partial charge in [-0.3, -0.25) is 0 Å². The molecule has 0 unspecified atom stereocenters. The molecule has 0 saturated carbocycles. The van der Waals surface area contributed by atoms with Gasteiger partial charge >= 0.3 is 0 Å². The van der Waals surface area contributed by atoms with Crippen LogP contribution in [0, 0.1) is 0 Å². The van der Waals surface area contributed by atoms with Gasteiger partial charge in [0.2, 0.25) is 0 Å². The van der Waals surface area contributed by atoms with E-state index in [9.17, 15) is 0 Å². The van der Waals surface area contributed by atoms with Gasteiger partial charge in [-0.15, -0.1) is 11.3 Å². The Morgan fingerprint density at radius 2 is 1.84 bits per heavy atom. The third kappa shape index (κ3) is 2.83. The van der Waals surface area contributed by atoms with Gasteiger partial charge in [0, 0.05) is 6.42 Å². The first-order chi connectivity index (χ1) is 9.35. The number of thiazole rings is 1. The van der Waals surface area contributed by atoms with Crippen LogP contribution < -0.4 is 5.73 Å². The first-order valence-corrected chi connectivity index (χ1v) is 7.29. The average molecular weight is 268 g/mol. The zero-order valence-electron chi connectivity index (χ0n) is 10.7. The van der Waals surface area contributed by atoms with Gasteiger partial charge in [-0.1, -0.05) is 36.4 Å². The van der Waals surface area contributed by atoms with E-state index in [4.69, 9.17) is 10.7 Å². The molecule has 3 aromatic rings. The number of nitrogens with two attached hydrogens (primary N) is 1. The molecule has 0 bridgehead atoms. The van der Waals surface area contributed by atoms with Gasteiger partial charge in [0.15, 0.2) is 0 Å². The molecule has 0 fully saturated rings. The Kier molecular flexibility index (Phi) is 3.58. The summed E-state index contributed by atoms with van der Waals surface area (Å²) in [6.45, 7) is 0.687. The maximum Gasteiger partial charge on any atom is 0.0982 e. The summed E-state index contributed by atoms with van der Waals surface area (Å²) in [6, 6.07) is 16.9. The smallest absolute Gasteiger partial charge is 0.0982 e. The molecule has 2 nitrogen and oxygen atoms in total. The number of aromatic nitrogens is 1.